The molecule has 0 radical (unpaired) electrons. The third-order valence-electron chi connectivity index (χ3n) is 1.70. The number of phenols is 1. The number of nitrogens with one attached hydrogen (secondary N) is 1. The number of hydrogen-bond acceptors (Lipinski definition) is 3. The Labute approximate surface area is 68.8 Å². The molecule has 12 heavy (non-hydrogen) atoms. The molecule has 4 heteroatoms. The first kappa shape index (κ1) is 6.97. The van der Waals surface area contributed by atoms with Crippen LogP contribution in [-0.4, -0.2) is 22.4 Å². The fraction of sp³-hybridized carbons (Fsp3) is 0.125. The Balaban J connectivity index is 2.75. The predicted octanol–water partition coefficient (Wildman–Crippen LogP) is 1.28. The third-order valence-corrected chi connectivity index (χ3v) is 1.70. The molecule has 0 aliphatic rings. The van der Waals surface area contributed by atoms with Crippen LogP contribution in [0.3, 0.4) is 0 Å². The molecule has 0 aliphatic heterocycles. The number of fused-ring (bicyclic) bond motifs is 1. The number of aromatic nitrogens is 2. The van der Waals surface area contributed by atoms with Crippen molar-refractivity contribution >= 4 is 10.9 Å². The summed E-state index contributed by atoms with van der Waals surface area (Å²) in [5, 5.41) is 16.6. The summed E-state index contributed by atoms with van der Waals surface area (Å²) >= 11 is 0. The molecule has 2 N–H and O–H groups in total. The Morgan fingerprint density at radius 1 is 1.50 bits per heavy atom. The smallest absolute Gasteiger partial charge is 0.240 e. The van der Waals surface area contributed by atoms with Gasteiger partial charge in [-0.3, -0.25) is 5.10 Å². The Morgan fingerprint density at radius 2 is 2.33 bits per heavy atom. The molecular weight excluding hydrogens is 156 g/mol. The van der Waals surface area contributed by atoms with E-state index < -0.39 is 0 Å². The van der Waals surface area contributed by atoms with Crippen LogP contribution < -0.4 is 4.74 Å². The van der Waals surface area contributed by atoms with Crippen LogP contribution in [0.4, 0.5) is 0 Å². The lowest BCUT2D eigenvalue weighted by molar-refractivity contribution is 0.401. The molecule has 1 aromatic carbocycles. The Morgan fingerprint density at radius 3 is 3.08 bits per heavy atom. The fourth-order valence-corrected chi connectivity index (χ4v) is 1.13. The molecular formula is C8H8N2O2. The molecule has 0 aliphatic carbocycles. The van der Waals surface area contributed by atoms with Crippen molar-refractivity contribution in [1.82, 2.24) is 10.2 Å². The quantitative estimate of drug-likeness (QED) is 0.667. The van der Waals surface area contributed by atoms with E-state index in [1.807, 2.05) is 0 Å². The molecule has 0 saturated carbocycles. The first-order chi connectivity index (χ1) is 5.81. The SMILES string of the molecule is COc1n[nH]c2ccc(O)cc12. The highest BCUT2D eigenvalue weighted by Gasteiger charge is 2.04. The average Bonchev–Trinajstić information content (AvgIpc) is 2.46. The second-order valence-electron chi connectivity index (χ2n) is 2.46. The van der Waals surface area contributed by atoms with Crippen molar-refractivity contribution in [2.45, 2.75) is 0 Å². The molecule has 0 bridgehead atoms. The topological polar surface area (TPSA) is 58.1 Å². The monoisotopic (exact) mass is 164 g/mol. The van der Waals surface area contributed by atoms with Crippen LogP contribution in [0.25, 0.3) is 10.9 Å². The van der Waals surface area contributed by atoms with E-state index in [0.29, 0.717) is 5.88 Å². The lowest BCUT2D eigenvalue weighted by atomic mass is 10.2. The second kappa shape index (κ2) is 2.41. The van der Waals surface area contributed by atoms with Crippen LogP contribution in [0.2, 0.25) is 0 Å². The molecule has 0 unspecified atom stereocenters. The van der Waals surface area contributed by atoms with Gasteiger partial charge in [-0.2, -0.15) is 0 Å². The van der Waals surface area contributed by atoms with Crippen LogP contribution in [0.15, 0.2) is 18.2 Å². The lowest BCUT2D eigenvalue weighted by Gasteiger charge is -1.93. The van der Waals surface area contributed by atoms with Gasteiger partial charge in [0, 0.05) is 0 Å². The van der Waals surface area contributed by atoms with Gasteiger partial charge in [0.25, 0.3) is 0 Å². The number of ether oxygens (including phenoxy) is 1. The van der Waals surface area contributed by atoms with Gasteiger partial charge in [0.2, 0.25) is 5.88 Å². The van der Waals surface area contributed by atoms with E-state index in [1.54, 1.807) is 25.3 Å². The van der Waals surface area contributed by atoms with Crippen LogP contribution in [0.1, 0.15) is 0 Å². The molecule has 0 amide bonds. The van der Waals surface area contributed by atoms with Gasteiger partial charge < -0.3 is 9.84 Å². The predicted molar refractivity (Wildman–Crippen MR) is 44.3 cm³/mol. The number of H-pyrrole nitrogens is 1. The number of aromatic hydroxyl groups is 1. The van der Waals surface area contributed by atoms with E-state index in [1.165, 1.54) is 0 Å². The van der Waals surface area contributed by atoms with Crippen molar-refractivity contribution in [2.24, 2.45) is 0 Å². The van der Waals surface area contributed by atoms with E-state index in [2.05, 4.69) is 10.2 Å². The van der Waals surface area contributed by atoms with Crippen LogP contribution in [-0.2, 0) is 0 Å². The van der Waals surface area contributed by atoms with E-state index in [-0.39, 0.29) is 5.75 Å². The standard InChI is InChI=1S/C8H8N2O2/c1-12-8-6-4-5(11)2-3-7(6)9-10-8/h2-4,11H,1H3,(H,9,10). The summed E-state index contributed by atoms with van der Waals surface area (Å²) in [6.07, 6.45) is 0. The van der Waals surface area contributed by atoms with Crippen molar-refractivity contribution in [1.29, 1.82) is 0 Å². The summed E-state index contributed by atoms with van der Waals surface area (Å²) in [5.74, 6) is 0.711. The minimum atomic E-state index is 0.210. The maximum absolute atomic E-state index is 9.17. The number of benzene rings is 1. The van der Waals surface area contributed by atoms with Gasteiger partial charge in [0.05, 0.1) is 18.0 Å². The van der Waals surface area contributed by atoms with Crippen LogP contribution >= 0.6 is 0 Å². The highest BCUT2D eigenvalue weighted by Crippen LogP contribution is 2.25. The van der Waals surface area contributed by atoms with Crippen LogP contribution in [0.5, 0.6) is 11.6 Å². The summed E-state index contributed by atoms with van der Waals surface area (Å²) in [5.41, 5.74) is 0.852. The van der Waals surface area contributed by atoms with Crippen molar-refractivity contribution < 1.29 is 9.84 Å². The van der Waals surface area contributed by atoms with Gasteiger partial charge in [-0.05, 0) is 18.2 Å². The zero-order valence-electron chi connectivity index (χ0n) is 6.53. The molecule has 1 heterocycles. The summed E-state index contributed by atoms with van der Waals surface area (Å²) in [6, 6.07) is 4.96. The van der Waals surface area contributed by atoms with Gasteiger partial charge in [-0.15, -0.1) is 5.10 Å². The van der Waals surface area contributed by atoms with Gasteiger partial charge in [0.1, 0.15) is 5.75 Å². The molecule has 0 saturated heterocycles. The van der Waals surface area contributed by atoms with Crippen molar-refractivity contribution in [3.63, 3.8) is 0 Å². The zero-order chi connectivity index (χ0) is 8.55. The highest BCUT2D eigenvalue weighted by molar-refractivity contribution is 5.85. The molecule has 0 atom stereocenters. The normalized spacial score (nSPS) is 10.4. The number of nitrogens with zero attached hydrogens (tertiary/aromatic N) is 1. The third kappa shape index (κ3) is 0.887. The van der Waals surface area contributed by atoms with Crippen LogP contribution in [0, 0.1) is 0 Å². The zero-order valence-corrected chi connectivity index (χ0v) is 6.53. The summed E-state index contributed by atoms with van der Waals surface area (Å²) in [6.45, 7) is 0. The number of phenolic OH excluding ortho intramolecular Hbond substituents is 1. The number of methoxy groups -OCH3 is 1. The number of aromatic amines is 1. The largest absolute Gasteiger partial charge is 0.508 e. The summed E-state index contributed by atoms with van der Waals surface area (Å²) in [4.78, 5) is 0. The Bertz CT molecular complexity index is 408. The molecule has 0 fully saturated rings. The van der Waals surface area contributed by atoms with E-state index >= 15 is 0 Å². The van der Waals surface area contributed by atoms with Crippen molar-refractivity contribution in [2.75, 3.05) is 7.11 Å². The van der Waals surface area contributed by atoms with Gasteiger partial charge in [-0.25, -0.2) is 0 Å². The van der Waals surface area contributed by atoms with Gasteiger partial charge in [0.15, 0.2) is 0 Å². The Hall–Kier alpha value is -1.71. The maximum atomic E-state index is 9.17. The summed E-state index contributed by atoms with van der Waals surface area (Å²) < 4.78 is 4.97. The number of hydrogen-bond donors (Lipinski definition) is 2. The average molecular weight is 164 g/mol. The lowest BCUT2D eigenvalue weighted by Crippen LogP contribution is -1.81. The summed E-state index contributed by atoms with van der Waals surface area (Å²) in [7, 11) is 1.54. The molecule has 2 aromatic rings. The molecule has 4 nitrogen and oxygen atoms in total. The molecule has 2 rings (SSSR count). The Kier molecular flexibility index (Phi) is 1.40. The van der Waals surface area contributed by atoms with Gasteiger partial charge >= 0.3 is 0 Å². The van der Waals surface area contributed by atoms with Gasteiger partial charge in [-0.1, -0.05) is 0 Å². The molecule has 0 spiro atoms. The molecule has 1 aromatic heterocycles. The first-order valence-electron chi connectivity index (χ1n) is 3.52. The highest BCUT2D eigenvalue weighted by atomic mass is 16.5. The van der Waals surface area contributed by atoms with Crippen molar-refractivity contribution in [3.05, 3.63) is 18.2 Å². The van der Waals surface area contributed by atoms with Crippen molar-refractivity contribution in [3.8, 4) is 11.6 Å². The van der Waals surface area contributed by atoms with E-state index in [0.717, 1.165) is 10.9 Å². The van der Waals surface area contributed by atoms with E-state index in [9.17, 15) is 5.11 Å². The minimum Gasteiger partial charge on any atom is -0.508 e. The number of rotatable bonds is 1. The van der Waals surface area contributed by atoms with E-state index in [4.69, 9.17) is 4.74 Å². The second-order valence-corrected chi connectivity index (χ2v) is 2.46. The fourth-order valence-electron chi connectivity index (χ4n) is 1.13. The molecule has 62 valence electrons. The first-order valence-corrected chi connectivity index (χ1v) is 3.52. The minimum absolute atomic E-state index is 0.210. The maximum Gasteiger partial charge on any atom is 0.240 e.